The summed E-state index contributed by atoms with van der Waals surface area (Å²) in [5.74, 6) is 1.73. The van der Waals surface area contributed by atoms with Gasteiger partial charge in [-0.05, 0) is 55.9 Å². The van der Waals surface area contributed by atoms with E-state index in [4.69, 9.17) is 0 Å². The van der Waals surface area contributed by atoms with Crippen molar-refractivity contribution in [1.29, 1.82) is 0 Å². The van der Waals surface area contributed by atoms with Crippen LogP contribution in [0.25, 0.3) is 0 Å². The van der Waals surface area contributed by atoms with Crippen LogP contribution in [0.4, 0.5) is 0 Å². The summed E-state index contributed by atoms with van der Waals surface area (Å²) in [5, 5.41) is 13.6. The van der Waals surface area contributed by atoms with Crippen molar-refractivity contribution in [2.75, 3.05) is 13.1 Å². The standard InChI is InChI=1S/C20H30N2O/c23-18-9-7-17(8-10-18)21-20-11-6-16-13-22(14-19(16)20)12-15-4-2-1-3-5-15/h1-5,16-21,23H,6-14H2. The third-order valence-corrected chi connectivity index (χ3v) is 6.33. The van der Waals surface area contributed by atoms with Gasteiger partial charge >= 0.3 is 0 Å². The Bertz CT molecular complexity index is 498. The summed E-state index contributed by atoms with van der Waals surface area (Å²) in [7, 11) is 0. The first-order chi connectivity index (χ1) is 11.3. The van der Waals surface area contributed by atoms with Gasteiger partial charge < -0.3 is 10.4 Å². The first-order valence-electron chi connectivity index (χ1n) is 9.48. The molecule has 0 bridgehead atoms. The summed E-state index contributed by atoms with van der Waals surface area (Å²) < 4.78 is 0. The lowest BCUT2D eigenvalue weighted by Crippen LogP contribution is -2.44. The molecule has 0 spiro atoms. The first kappa shape index (κ1) is 15.6. The molecule has 0 radical (unpaired) electrons. The highest BCUT2D eigenvalue weighted by Crippen LogP contribution is 2.39. The Kier molecular flexibility index (Phi) is 4.70. The Labute approximate surface area is 140 Å². The van der Waals surface area contributed by atoms with E-state index in [1.54, 1.807) is 0 Å². The fourth-order valence-electron chi connectivity index (χ4n) is 5.08. The fraction of sp³-hybridized carbons (Fsp3) is 0.700. The average Bonchev–Trinajstić information content (AvgIpc) is 3.12. The van der Waals surface area contributed by atoms with Gasteiger partial charge in [0.15, 0.2) is 0 Å². The predicted molar refractivity (Wildman–Crippen MR) is 93.1 cm³/mol. The predicted octanol–water partition coefficient (Wildman–Crippen LogP) is 2.79. The second-order valence-corrected chi connectivity index (χ2v) is 7.96. The number of aliphatic hydroxyl groups excluding tert-OH is 1. The molecule has 0 amide bonds. The summed E-state index contributed by atoms with van der Waals surface area (Å²) in [4.78, 5) is 2.66. The SMILES string of the molecule is OC1CCC(NC2CCC3CN(Cc4ccccc4)CC32)CC1. The van der Waals surface area contributed by atoms with E-state index in [0.29, 0.717) is 12.1 Å². The average molecular weight is 314 g/mol. The maximum absolute atomic E-state index is 9.68. The van der Waals surface area contributed by atoms with Crippen molar-refractivity contribution >= 4 is 0 Å². The lowest BCUT2D eigenvalue weighted by atomic mass is 9.91. The van der Waals surface area contributed by atoms with Gasteiger partial charge in [-0.2, -0.15) is 0 Å². The van der Waals surface area contributed by atoms with E-state index >= 15 is 0 Å². The third kappa shape index (κ3) is 3.62. The van der Waals surface area contributed by atoms with Crippen LogP contribution in [-0.2, 0) is 6.54 Å². The number of hydrogen-bond donors (Lipinski definition) is 2. The van der Waals surface area contributed by atoms with E-state index in [-0.39, 0.29) is 6.10 Å². The van der Waals surface area contributed by atoms with Gasteiger partial charge in [0.2, 0.25) is 0 Å². The molecule has 2 N–H and O–H groups in total. The molecule has 1 aromatic carbocycles. The van der Waals surface area contributed by atoms with E-state index in [1.807, 2.05) is 0 Å². The van der Waals surface area contributed by atoms with Crippen LogP contribution in [0, 0.1) is 11.8 Å². The van der Waals surface area contributed by atoms with Crippen molar-refractivity contribution in [1.82, 2.24) is 10.2 Å². The van der Waals surface area contributed by atoms with E-state index in [9.17, 15) is 5.11 Å². The highest BCUT2D eigenvalue weighted by atomic mass is 16.3. The first-order valence-corrected chi connectivity index (χ1v) is 9.48. The molecular weight excluding hydrogens is 284 g/mol. The summed E-state index contributed by atoms with van der Waals surface area (Å²) >= 11 is 0. The van der Waals surface area contributed by atoms with Crippen LogP contribution >= 0.6 is 0 Å². The second-order valence-electron chi connectivity index (χ2n) is 7.96. The summed E-state index contributed by atoms with van der Waals surface area (Å²) in [5.41, 5.74) is 1.44. The number of likely N-dealkylation sites (tertiary alicyclic amines) is 1. The van der Waals surface area contributed by atoms with Crippen LogP contribution in [-0.4, -0.2) is 41.3 Å². The van der Waals surface area contributed by atoms with Crippen molar-refractivity contribution in [3.63, 3.8) is 0 Å². The molecule has 2 aliphatic carbocycles. The van der Waals surface area contributed by atoms with Crippen molar-refractivity contribution < 1.29 is 5.11 Å². The minimum absolute atomic E-state index is 0.0442. The molecule has 2 saturated carbocycles. The Balaban J connectivity index is 1.31. The van der Waals surface area contributed by atoms with Gasteiger partial charge in [-0.15, -0.1) is 0 Å². The largest absolute Gasteiger partial charge is 0.393 e. The van der Waals surface area contributed by atoms with Crippen LogP contribution < -0.4 is 5.32 Å². The zero-order chi connectivity index (χ0) is 15.6. The molecule has 3 nitrogen and oxygen atoms in total. The molecule has 23 heavy (non-hydrogen) atoms. The van der Waals surface area contributed by atoms with E-state index in [1.165, 1.54) is 31.5 Å². The monoisotopic (exact) mass is 314 g/mol. The van der Waals surface area contributed by atoms with E-state index < -0.39 is 0 Å². The maximum Gasteiger partial charge on any atom is 0.0541 e. The lowest BCUT2D eigenvalue weighted by Gasteiger charge is -2.31. The van der Waals surface area contributed by atoms with Crippen LogP contribution in [0.1, 0.15) is 44.1 Å². The highest BCUT2D eigenvalue weighted by molar-refractivity contribution is 5.15. The molecular formula is C20H30N2O. The van der Waals surface area contributed by atoms with Gasteiger partial charge in [-0.25, -0.2) is 0 Å². The topological polar surface area (TPSA) is 35.5 Å². The quantitative estimate of drug-likeness (QED) is 0.897. The molecule has 3 heteroatoms. The summed E-state index contributed by atoms with van der Waals surface area (Å²) in [6, 6.07) is 12.2. The normalized spacial score (nSPS) is 37.9. The molecule has 3 unspecified atom stereocenters. The molecule has 3 fully saturated rings. The van der Waals surface area contributed by atoms with Crippen LogP contribution in [0.2, 0.25) is 0 Å². The molecule has 1 saturated heterocycles. The second kappa shape index (κ2) is 6.92. The van der Waals surface area contributed by atoms with Crippen molar-refractivity contribution in [3.05, 3.63) is 35.9 Å². The number of fused-ring (bicyclic) bond motifs is 1. The molecule has 126 valence electrons. The third-order valence-electron chi connectivity index (χ3n) is 6.33. The zero-order valence-electron chi connectivity index (χ0n) is 14.0. The molecule has 1 aromatic rings. The molecule has 1 heterocycles. The van der Waals surface area contributed by atoms with Gasteiger partial charge in [0, 0.05) is 31.7 Å². The number of rotatable bonds is 4. The van der Waals surface area contributed by atoms with Crippen molar-refractivity contribution in [2.45, 2.75) is 63.3 Å². The minimum atomic E-state index is -0.0442. The Morgan fingerprint density at radius 2 is 1.74 bits per heavy atom. The maximum atomic E-state index is 9.68. The Hall–Kier alpha value is -0.900. The number of hydrogen-bond acceptors (Lipinski definition) is 3. The molecule has 3 aliphatic rings. The van der Waals surface area contributed by atoms with Crippen LogP contribution in [0.15, 0.2) is 30.3 Å². The molecule has 3 atom stereocenters. The molecule has 4 rings (SSSR count). The summed E-state index contributed by atoms with van der Waals surface area (Å²) in [6.07, 6.45) is 6.98. The van der Waals surface area contributed by atoms with Gasteiger partial charge in [0.25, 0.3) is 0 Å². The highest BCUT2D eigenvalue weighted by Gasteiger charge is 2.43. The smallest absolute Gasteiger partial charge is 0.0541 e. The van der Waals surface area contributed by atoms with Crippen molar-refractivity contribution in [2.24, 2.45) is 11.8 Å². The van der Waals surface area contributed by atoms with Gasteiger partial charge in [0.1, 0.15) is 0 Å². The molecule has 0 aromatic heterocycles. The zero-order valence-corrected chi connectivity index (χ0v) is 14.0. The number of aliphatic hydroxyl groups is 1. The fourth-order valence-corrected chi connectivity index (χ4v) is 5.08. The van der Waals surface area contributed by atoms with Gasteiger partial charge in [0.05, 0.1) is 6.10 Å². The number of nitrogens with one attached hydrogen (secondary N) is 1. The minimum Gasteiger partial charge on any atom is -0.393 e. The lowest BCUT2D eigenvalue weighted by molar-refractivity contribution is 0.112. The number of nitrogens with zero attached hydrogens (tertiary/aromatic N) is 1. The summed E-state index contributed by atoms with van der Waals surface area (Å²) in [6.45, 7) is 3.64. The van der Waals surface area contributed by atoms with Gasteiger partial charge in [-0.1, -0.05) is 30.3 Å². The number of benzene rings is 1. The van der Waals surface area contributed by atoms with Crippen molar-refractivity contribution in [3.8, 4) is 0 Å². The van der Waals surface area contributed by atoms with E-state index in [2.05, 4.69) is 40.5 Å². The van der Waals surface area contributed by atoms with Gasteiger partial charge in [-0.3, -0.25) is 4.90 Å². The van der Waals surface area contributed by atoms with E-state index in [0.717, 1.165) is 44.1 Å². The Morgan fingerprint density at radius 3 is 2.52 bits per heavy atom. The van der Waals surface area contributed by atoms with Crippen LogP contribution in [0.3, 0.4) is 0 Å². The van der Waals surface area contributed by atoms with Crippen LogP contribution in [0.5, 0.6) is 0 Å². The molecule has 1 aliphatic heterocycles. The Morgan fingerprint density at radius 1 is 0.957 bits per heavy atom.